The van der Waals surface area contributed by atoms with Crippen molar-refractivity contribution in [3.05, 3.63) is 35.4 Å². The van der Waals surface area contributed by atoms with Crippen LogP contribution in [0, 0.1) is 0 Å². The molecule has 132 valence electrons. The summed E-state index contributed by atoms with van der Waals surface area (Å²) < 4.78 is 5.34. The van der Waals surface area contributed by atoms with Gasteiger partial charge >= 0.3 is 5.97 Å². The smallest absolute Gasteiger partial charge is 0.326 e. The van der Waals surface area contributed by atoms with Crippen LogP contribution >= 0.6 is 0 Å². The van der Waals surface area contributed by atoms with E-state index < -0.39 is 12.0 Å². The number of hydrogen-bond donors (Lipinski definition) is 2. The molecule has 1 aliphatic rings. The maximum absolute atomic E-state index is 12.0. The molecular formula is C19H27NO4. The average Bonchev–Trinajstić information content (AvgIpc) is 2.54. The van der Waals surface area contributed by atoms with Crippen LogP contribution in [0.4, 0.5) is 0 Å². The molecule has 1 amide bonds. The zero-order valence-electron chi connectivity index (χ0n) is 14.5. The Balaban J connectivity index is 1.95. The monoisotopic (exact) mass is 333 g/mol. The lowest BCUT2D eigenvalue weighted by atomic mass is 9.79. The van der Waals surface area contributed by atoms with E-state index in [2.05, 4.69) is 17.4 Å². The Kier molecular flexibility index (Phi) is 6.79. The quantitative estimate of drug-likeness (QED) is 0.767. The predicted molar refractivity (Wildman–Crippen MR) is 92.0 cm³/mol. The third-order valence-electron chi connectivity index (χ3n) is 4.43. The van der Waals surface area contributed by atoms with Gasteiger partial charge in [-0.2, -0.15) is 0 Å². The number of carbonyl (C=O) groups excluding carboxylic acids is 1. The van der Waals surface area contributed by atoms with Gasteiger partial charge in [-0.25, -0.2) is 4.79 Å². The minimum absolute atomic E-state index is 0.0619. The normalized spacial score (nSPS) is 18.0. The summed E-state index contributed by atoms with van der Waals surface area (Å²) in [4.78, 5) is 23.5. The number of aliphatic carboxylic acids is 1. The molecule has 5 heteroatoms. The van der Waals surface area contributed by atoms with Crippen molar-refractivity contribution in [2.45, 2.75) is 64.0 Å². The van der Waals surface area contributed by atoms with Crippen LogP contribution in [-0.2, 0) is 20.7 Å². The molecule has 1 aliphatic carbocycles. The lowest BCUT2D eigenvalue weighted by Gasteiger charge is -2.28. The molecule has 0 bridgehead atoms. The summed E-state index contributed by atoms with van der Waals surface area (Å²) in [6, 6.07) is 7.35. The number of amides is 1. The number of fused-ring (bicyclic) bond motifs is 1. The fourth-order valence-corrected chi connectivity index (χ4v) is 3.26. The van der Waals surface area contributed by atoms with Crippen molar-refractivity contribution in [2.24, 2.45) is 0 Å². The van der Waals surface area contributed by atoms with Gasteiger partial charge in [-0.3, -0.25) is 4.79 Å². The van der Waals surface area contributed by atoms with Gasteiger partial charge in [0.1, 0.15) is 6.04 Å². The molecule has 2 unspecified atom stereocenters. The highest BCUT2D eigenvalue weighted by molar-refractivity contribution is 5.83. The topological polar surface area (TPSA) is 75.6 Å². The number of hydrogen-bond acceptors (Lipinski definition) is 3. The van der Waals surface area contributed by atoms with E-state index in [0.29, 0.717) is 13.0 Å². The zero-order chi connectivity index (χ0) is 17.5. The Bertz CT molecular complexity index is 570. The van der Waals surface area contributed by atoms with Gasteiger partial charge in [0.2, 0.25) is 5.91 Å². The first kappa shape index (κ1) is 18.5. The Hall–Kier alpha value is -1.88. The number of ether oxygens (including phenoxy) is 1. The highest BCUT2D eigenvalue weighted by Gasteiger charge is 2.27. The summed E-state index contributed by atoms with van der Waals surface area (Å²) in [6.45, 7) is 4.11. The average molecular weight is 333 g/mol. The Morgan fingerprint density at radius 2 is 2.08 bits per heavy atom. The number of benzene rings is 1. The number of carboxylic acid groups (broad SMARTS) is 1. The van der Waals surface area contributed by atoms with E-state index in [4.69, 9.17) is 4.74 Å². The molecule has 0 spiro atoms. The minimum Gasteiger partial charge on any atom is -0.480 e. The van der Waals surface area contributed by atoms with E-state index >= 15 is 0 Å². The summed E-state index contributed by atoms with van der Waals surface area (Å²) in [7, 11) is 0. The van der Waals surface area contributed by atoms with Crippen molar-refractivity contribution >= 4 is 11.9 Å². The molecular weight excluding hydrogens is 306 g/mol. The van der Waals surface area contributed by atoms with Crippen LogP contribution < -0.4 is 5.32 Å². The molecule has 0 saturated heterocycles. The lowest BCUT2D eigenvalue weighted by molar-refractivity contribution is -0.142. The maximum atomic E-state index is 12.0. The van der Waals surface area contributed by atoms with E-state index in [1.54, 1.807) is 0 Å². The number of nitrogens with one attached hydrogen (secondary N) is 1. The SMILES string of the molecule is CC(C)OCCC(=O)NC(CC1CCCc2ccccc21)C(=O)O. The molecule has 2 N–H and O–H groups in total. The molecule has 0 heterocycles. The summed E-state index contributed by atoms with van der Waals surface area (Å²) in [5.74, 6) is -1.06. The molecule has 2 rings (SSSR count). The Morgan fingerprint density at radius 3 is 2.79 bits per heavy atom. The van der Waals surface area contributed by atoms with Crippen molar-refractivity contribution in [1.29, 1.82) is 0 Å². The van der Waals surface area contributed by atoms with Gasteiger partial charge in [0.15, 0.2) is 0 Å². The van der Waals surface area contributed by atoms with Crippen LogP contribution in [0.25, 0.3) is 0 Å². The third-order valence-corrected chi connectivity index (χ3v) is 4.43. The Labute approximate surface area is 143 Å². The van der Waals surface area contributed by atoms with Gasteiger partial charge in [-0.15, -0.1) is 0 Å². The van der Waals surface area contributed by atoms with Crippen molar-refractivity contribution < 1.29 is 19.4 Å². The van der Waals surface area contributed by atoms with E-state index in [-0.39, 0.29) is 24.3 Å². The largest absolute Gasteiger partial charge is 0.480 e. The van der Waals surface area contributed by atoms with Crippen LogP contribution in [0.3, 0.4) is 0 Å². The van der Waals surface area contributed by atoms with Crippen LogP contribution in [0.15, 0.2) is 24.3 Å². The van der Waals surface area contributed by atoms with E-state index in [1.165, 1.54) is 11.1 Å². The second-order valence-corrected chi connectivity index (χ2v) is 6.65. The molecule has 0 aliphatic heterocycles. The summed E-state index contributed by atoms with van der Waals surface area (Å²) in [6.07, 6.45) is 3.75. The highest BCUT2D eigenvalue weighted by Crippen LogP contribution is 2.34. The molecule has 0 radical (unpaired) electrons. The van der Waals surface area contributed by atoms with Crippen molar-refractivity contribution in [1.82, 2.24) is 5.32 Å². The second kappa shape index (κ2) is 8.83. The summed E-state index contributed by atoms with van der Waals surface area (Å²) in [5.41, 5.74) is 2.53. The first-order valence-corrected chi connectivity index (χ1v) is 8.69. The van der Waals surface area contributed by atoms with Crippen LogP contribution in [0.1, 0.15) is 56.6 Å². The molecule has 1 aromatic carbocycles. The fraction of sp³-hybridized carbons (Fsp3) is 0.579. The number of carboxylic acids is 1. The van der Waals surface area contributed by atoms with Gasteiger partial charge < -0.3 is 15.2 Å². The molecule has 5 nitrogen and oxygen atoms in total. The lowest BCUT2D eigenvalue weighted by Crippen LogP contribution is -2.42. The van der Waals surface area contributed by atoms with Gasteiger partial charge in [-0.05, 0) is 56.6 Å². The van der Waals surface area contributed by atoms with Crippen LogP contribution in [0.5, 0.6) is 0 Å². The van der Waals surface area contributed by atoms with E-state index in [0.717, 1.165) is 19.3 Å². The van der Waals surface area contributed by atoms with Gasteiger partial charge in [0.25, 0.3) is 0 Å². The van der Waals surface area contributed by atoms with Gasteiger partial charge in [-0.1, -0.05) is 24.3 Å². The van der Waals surface area contributed by atoms with Gasteiger partial charge in [0, 0.05) is 6.42 Å². The second-order valence-electron chi connectivity index (χ2n) is 6.65. The van der Waals surface area contributed by atoms with Crippen molar-refractivity contribution in [3.8, 4) is 0 Å². The number of aryl methyl sites for hydroxylation is 1. The number of carbonyl (C=O) groups is 2. The first-order valence-electron chi connectivity index (χ1n) is 8.69. The van der Waals surface area contributed by atoms with Crippen molar-refractivity contribution in [3.63, 3.8) is 0 Å². The third kappa shape index (κ3) is 5.34. The molecule has 24 heavy (non-hydrogen) atoms. The predicted octanol–water partition coefficient (Wildman–Crippen LogP) is 2.88. The number of rotatable bonds is 8. The van der Waals surface area contributed by atoms with E-state index in [9.17, 15) is 14.7 Å². The highest BCUT2D eigenvalue weighted by atomic mass is 16.5. The Morgan fingerprint density at radius 1 is 1.33 bits per heavy atom. The van der Waals surface area contributed by atoms with Crippen LogP contribution in [0.2, 0.25) is 0 Å². The van der Waals surface area contributed by atoms with Gasteiger partial charge in [0.05, 0.1) is 12.7 Å². The fourth-order valence-electron chi connectivity index (χ4n) is 3.26. The summed E-state index contributed by atoms with van der Waals surface area (Å²) in [5, 5.41) is 12.1. The molecule has 0 aromatic heterocycles. The maximum Gasteiger partial charge on any atom is 0.326 e. The molecule has 2 atom stereocenters. The van der Waals surface area contributed by atoms with Crippen molar-refractivity contribution in [2.75, 3.05) is 6.61 Å². The summed E-state index contributed by atoms with van der Waals surface area (Å²) >= 11 is 0. The molecule has 0 saturated carbocycles. The zero-order valence-corrected chi connectivity index (χ0v) is 14.5. The minimum atomic E-state index is -0.976. The molecule has 0 fully saturated rings. The first-order chi connectivity index (χ1) is 11.5. The van der Waals surface area contributed by atoms with Crippen LogP contribution in [-0.4, -0.2) is 35.7 Å². The van der Waals surface area contributed by atoms with E-state index in [1.807, 2.05) is 26.0 Å². The molecule has 1 aromatic rings. The standard InChI is InChI=1S/C19H27NO4/c1-13(2)24-11-10-18(21)20-17(19(22)23)12-15-8-5-7-14-6-3-4-9-16(14)15/h3-4,6,9,13,15,17H,5,7-8,10-12H2,1-2H3,(H,20,21)(H,22,23).